The maximum Gasteiger partial charge on any atom is 0.264 e. The molecule has 0 fully saturated rings. The van der Waals surface area contributed by atoms with Gasteiger partial charge in [-0.05, 0) is 63.1 Å². The molecule has 12 heteroatoms. The summed E-state index contributed by atoms with van der Waals surface area (Å²) in [6.07, 6.45) is 0.932. The lowest BCUT2D eigenvalue weighted by Crippen LogP contribution is -2.53. The average molecular weight is 673 g/mol. The molecule has 3 aromatic rings. The lowest BCUT2D eigenvalue weighted by Gasteiger charge is -2.34. The third kappa shape index (κ3) is 7.91. The molecule has 2 amide bonds. The number of carbonyl (C=O) groups is 2. The van der Waals surface area contributed by atoms with Crippen LogP contribution in [0.25, 0.3) is 0 Å². The van der Waals surface area contributed by atoms with Crippen molar-refractivity contribution in [3.63, 3.8) is 0 Å². The first-order chi connectivity index (χ1) is 19.8. The molecule has 42 heavy (non-hydrogen) atoms. The highest BCUT2D eigenvalue weighted by atomic mass is 35.5. The molecule has 0 aliphatic carbocycles. The van der Waals surface area contributed by atoms with E-state index in [1.54, 1.807) is 43.3 Å². The van der Waals surface area contributed by atoms with Gasteiger partial charge in [0.1, 0.15) is 12.6 Å². The fourth-order valence-electron chi connectivity index (χ4n) is 4.25. The third-order valence-electron chi connectivity index (χ3n) is 6.86. The Morgan fingerprint density at radius 3 is 2.00 bits per heavy atom. The number of amides is 2. The fraction of sp³-hybridized carbons (Fsp3) is 0.333. The van der Waals surface area contributed by atoms with E-state index in [2.05, 4.69) is 5.32 Å². The molecule has 1 N–H and O–H groups in total. The summed E-state index contributed by atoms with van der Waals surface area (Å²) in [5.41, 5.74) is 1.31. The highest BCUT2D eigenvalue weighted by Gasteiger charge is 2.35. The third-order valence-corrected chi connectivity index (χ3v) is 10.2. The molecule has 226 valence electrons. The molecule has 3 aromatic carbocycles. The van der Waals surface area contributed by atoms with Gasteiger partial charge in [-0.25, -0.2) is 8.42 Å². The zero-order valence-corrected chi connectivity index (χ0v) is 27.5. The minimum Gasteiger partial charge on any atom is -0.352 e. The van der Waals surface area contributed by atoms with Crippen molar-refractivity contribution in [1.29, 1.82) is 0 Å². The van der Waals surface area contributed by atoms with Crippen LogP contribution in [0.5, 0.6) is 0 Å². The van der Waals surface area contributed by atoms with Gasteiger partial charge in [0.2, 0.25) is 11.8 Å². The number of hydrogen-bond acceptors (Lipinski definition) is 4. The molecule has 0 aromatic heterocycles. The number of rotatable bonds is 12. The van der Waals surface area contributed by atoms with Gasteiger partial charge in [0.05, 0.1) is 20.6 Å². The van der Waals surface area contributed by atoms with E-state index in [1.807, 2.05) is 20.8 Å². The highest BCUT2D eigenvalue weighted by Crippen LogP contribution is 2.36. The summed E-state index contributed by atoms with van der Waals surface area (Å²) in [6.45, 7) is 6.58. The number of anilines is 1. The minimum absolute atomic E-state index is 0.0194. The summed E-state index contributed by atoms with van der Waals surface area (Å²) >= 11 is 25.7. The first-order valence-electron chi connectivity index (χ1n) is 13.4. The molecule has 0 aliphatic rings. The van der Waals surface area contributed by atoms with Gasteiger partial charge in [-0.3, -0.25) is 13.9 Å². The van der Waals surface area contributed by atoms with Gasteiger partial charge < -0.3 is 10.2 Å². The number of carbonyl (C=O) groups excluding carboxylic acids is 2. The number of nitrogens with zero attached hydrogens (tertiary/aromatic N) is 2. The number of nitrogens with one attached hydrogen (secondary N) is 1. The monoisotopic (exact) mass is 671 g/mol. The standard InChI is InChI=1S/C30H33Cl4N3O4S/c1-5-20(4)35-30(39)26(6-2)36(17-22-23(31)9-7-10-24(22)32)28(38)18-37(27-12-8-11-25(33)29(27)34)42(40,41)21-15-13-19(3)14-16-21/h7-16,20,26H,5-6,17-18H2,1-4H3,(H,35,39)/t20-,26-/m1/s1. The summed E-state index contributed by atoms with van der Waals surface area (Å²) in [4.78, 5) is 28.9. The Bertz CT molecular complexity index is 1510. The average Bonchev–Trinajstić information content (AvgIpc) is 2.94. The van der Waals surface area contributed by atoms with Gasteiger partial charge in [-0.15, -0.1) is 0 Å². The van der Waals surface area contributed by atoms with E-state index in [9.17, 15) is 18.0 Å². The van der Waals surface area contributed by atoms with Crippen LogP contribution in [0.1, 0.15) is 44.7 Å². The summed E-state index contributed by atoms with van der Waals surface area (Å²) in [5, 5.41) is 3.61. The van der Waals surface area contributed by atoms with Crippen LogP contribution >= 0.6 is 46.4 Å². The summed E-state index contributed by atoms with van der Waals surface area (Å²) in [6, 6.07) is 14.6. The van der Waals surface area contributed by atoms with Crippen molar-refractivity contribution in [3.8, 4) is 0 Å². The number of hydrogen-bond donors (Lipinski definition) is 1. The number of halogens is 4. The molecular weight excluding hydrogens is 640 g/mol. The van der Waals surface area contributed by atoms with Crippen LogP contribution < -0.4 is 9.62 Å². The van der Waals surface area contributed by atoms with E-state index in [-0.39, 0.29) is 45.5 Å². The molecule has 0 saturated heterocycles. The molecule has 0 radical (unpaired) electrons. The maximum atomic E-state index is 14.2. The van der Waals surface area contributed by atoms with Gasteiger partial charge in [0.25, 0.3) is 10.0 Å². The van der Waals surface area contributed by atoms with Gasteiger partial charge in [-0.2, -0.15) is 0 Å². The van der Waals surface area contributed by atoms with Crippen molar-refractivity contribution >= 4 is 73.9 Å². The Kier molecular flexibility index (Phi) is 12.0. The Balaban J connectivity index is 2.14. The first-order valence-corrected chi connectivity index (χ1v) is 16.3. The van der Waals surface area contributed by atoms with Crippen molar-refractivity contribution in [2.24, 2.45) is 0 Å². The summed E-state index contributed by atoms with van der Waals surface area (Å²) in [5.74, 6) is -1.04. The van der Waals surface area contributed by atoms with Gasteiger partial charge in [-0.1, -0.05) is 90.1 Å². The van der Waals surface area contributed by atoms with E-state index >= 15 is 0 Å². The highest BCUT2D eigenvalue weighted by molar-refractivity contribution is 7.92. The molecule has 0 bridgehead atoms. The second-order valence-corrected chi connectivity index (χ2v) is 13.3. The van der Waals surface area contributed by atoms with E-state index < -0.39 is 28.5 Å². The second kappa shape index (κ2) is 14.8. The largest absolute Gasteiger partial charge is 0.352 e. The van der Waals surface area contributed by atoms with E-state index in [0.29, 0.717) is 22.0 Å². The SMILES string of the molecule is CC[C@@H](C)NC(=O)[C@@H](CC)N(Cc1c(Cl)cccc1Cl)C(=O)CN(c1cccc(Cl)c1Cl)S(=O)(=O)c1ccc(C)cc1. The molecular formula is C30H33Cl4N3O4S. The van der Waals surface area contributed by atoms with E-state index in [4.69, 9.17) is 46.4 Å². The Morgan fingerprint density at radius 1 is 0.857 bits per heavy atom. The maximum absolute atomic E-state index is 14.2. The molecule has 0 aliphatic heterocycles. The molecule has 7 nitrogen and oxygen atoms in total. The Labute approximate surface area is 267 Å². The van der Waals surface area contributed by atoms with Crippen molar-refractivity contribution < 1.29 is 18.0 Å². The molecule has 0 saturated carbocycles. The lowest BCUT2D eigenvalue weighted by molar-refractivity contribution is -0.140. The predicted molar refractivity (Wildman–Crippen MR) is 171 cm³/mol. The van der Waals surface area contributed by atoms with Crippen LogP contribution in [0.2, 0.25) is 20.1 Å². The molecule has 0 heterocycles. The van der Waals surface area contributed by atoms with Gasteiger partial charge in [0.15, 0.2) is 0 Å². The summed E-state index contributed by atoms with van der Waals surface area (Å²) in [7, 11) is -4.31. The Hall–Kier alpha value is -2.49. The van der Waals surface area contributed by atoms with Crippen LogP contribution in [0.4, 0.5) is 5.69 Å². The predicted octanol–water partition coefficient (Wildman–Crippen LogP) is 7.53. The van der Waals surface area contributed by atoms with Crippen LogP contribution in [-0.4, -0.2) is 43.8 Å². The van der Waals surface area contributed by atoms with Crippen LogP contribution in [0.15, 0.2) is 65.6 Å². The molecule has 3 rings (SSSR count). The normalized spacial score (nSPS) is 12.9. The van der Waals surface area contributed by atoms with E-state index in [1.165, 1.54) is 29.2 Å². The number of aryl methyl sites for hydroxylation is 1. The van der Waals surface area contributed by atoms with Crippen molar-refractivity contribution in [3.05, 3.63) is 91.9 Å². The fourth-order valence-corrected chi connectivity index (χ4v) is 6.64. The molecule has 0 spiro atoms. The van der Waals surface area contributed by atoms with E-state index in [0.717, 1.165) is 9.87 Å². The number of benzene rings is 3. The van der Waals surface area contributed by atoms with Crippen molar-refractivity contribution in [1.82, 2.24) is 10.2 Å². The van der Waals surface area contributed by atoms with Gasteiger partial charge >= 0.3 is 0 Å². The lowest BCUT2D eigenvalue weighted by atomic mass is 10.1. The quantitative estimate of drug-likeness (QED) is 0.216. The topological polar surface area (TPSA) is 86.8 Å². The molecule has 2 atom stereocenters. The van der Waals surface area contributed by atoms with Gasteiger partial charge in [0, 0.05) is 28.2 Å². The smallest absolute Gasteiger partial charge is 0.264 e. The van der Waals surface area contributed by atoms with Crippen LogP contribution in [0, 0.1) is 6.92 Å². The minimum atomic E-state index is -4.31. The van der Waals surface area contributed by atoms with Crippen molar-refractivity contribution in [2.75, 3.05) is 10.8 Å². The first kappa shape index (κ1) is 34.0. The Morgan fingerprint density at radius 2 is 1.43 bits per heavy atom. The van der Waals surface area contributed by atoms with Crippen LogP contribution in [0.3, 0.4) is 0 Å². The van der Waals surface area contributed by atoms with Crippen LogP contribution in [-0.2, 0) is 26.2 Å². The second-order valence-electron chi connectivity index (χ2n) is 9.86. The van der Waals surface area contributed by atoms with Crippen molar-refractivity contribution in [2.45, 2.75) is 64.1 Å². The zero-order chi connectivity index (χ0) is 31.2. The molecule has 0 unspecified atom stereocenters. The number of sulfonamides is 1. The summed E-state index contributed by atoms with van der Waals surface area (Å²) < 4.78 is 29.0. The zero-order valence-electron chi connectivity index (χ0n) is 23.7.